The van der Waals surface area contributed by atoms with Gasteiger partial charge in [-0.05, 0) is 31.5 Å². The molecule has 0 aliphatic carbocycles. The predicted octanol–water partition coefficient (Wildman–Crippen LogP) is 1.24. The minimum Gasteiger partial charge on any atom is -0.333 e. The van der Waals surface area contributed by atoms with Gasteiger partial charge in [0.1, 0.15) is 11.6 Å². The minimum absolute atomic E-state index is 0.0136. The molecule has 2 aromatic rings. The van der Waals surface area contributed by atoms with Gasteiger partial charge in [0.05, 0.1) is 12.5 Å². The number of aryl methyl sites for hydroxylation is 2. The monoisotopic (exact) mass is 344 g/mol. The van der Waals surface area contributed by atoms with Crippen LogP contribution in [0.2, 0.25) is 0 Å². The van der Waals surface area contributed by atoms with Gasteiger partial charge in [0.25, 0.3) is 5.56 Å². The van der Waals surface area contributed by atoms with Gasteiger partial charge >= 0.3 is 0 Å². The number of hydrogen-bond acceptors (Lipinski definition) is 4. The van der Waals surface area contributed by atoms with Crippen molar-refractivity contribution in [2.75, 3.05) is 19.6 Å². The molecule has 1 unspecified atom stereocenters. The summed E-state index contributed by atoms with van der Waals surface area (Å²) in [7, 11) is 0. The van der Waals surface area contributed by atoms with E-state index in [0.29, 0.717) is 36.7 Å². The van der Waals surface area contributed by atoms with Crippen LogP contribution < -0.4 is 10.9 Å². The molecule has 0 bridgehead atoms. The zero-order chi connectivity index (χ0) is 18.0. The summed E-state index contributed by atoms with van der Waals surface area (Å²) in [6, 6.07) is 6.03. The molecular formula is C18H21FN4O2. The SMILES string of the molecule is Cc1nc(C)c(CC(=O)N2CCNCC2c2cccc(F)c2)c(=O)[nH]1. The third kappa shape index (κ3) is 3.76. The average Bonchev–Trinajstić information content (AvgIpc) is 2.58. The first-order chi connectivity index (χ1) is 12.0. The van der Waals surface area contributed by atoms with Crippen LogP contribution in [0.5, 0.6) is 0 Å². The van der Waals surface area contributed by atoms with Crippen molar-refractivity contribution in [2.45, 2.75) is 26.3 Å². The van der Waals surface area contributed by atoms with Crippen LogP contribution >= 0.6 is 0 Å². The predicted molar refractivity (Wildman–Crippen MR) is 91.8 cm³/mol. The lowest BCUT2D eigenvalue weighted by Gasteiger charge is -2.36. The van der Waals surface area contributed by atoms with Crippen LogP contribution in [0.4, 0.5) is 4.39 Å². The Morgan fingerprint density at radius 2 is 2.20 bits per heavy atom. The molecule has 1 aromatic heterocycles. The number of rotatable bonds is 3. The number of nitrogens with zero attached hydrogens (tertiary/aromatic N) is 2. The Bertz CT molecular complexity index is 849. The van der Waals surface area contributed by atoms with Gasteiger partial charge in [-0.25, -0.2) is 9.37 Å². The van der Waals surface area contributed by atoms with E-state index in [0.717, 1.165) is 5.56 Å². The van der Waals surface area contributed by atoms with Crippen molar-refractivity contribution >= 4 is 5.91 Å². The van der Waals surface area contributed by atoms with Crippen molar-refractivity contribution in [1.82, 2.24) is 20.2 Å². The maximum Gasteiger partial charge on any atom is 0.254 e. The van der Waals surface area contributed by atoms with Gasteiger partial charge in [-0.15, -0.1) is 0 Å². The lowest BCUT2D eigenvalue weighted by Crippen LogP contribution is -2.49. The Morgan fingerprint density at radius 1 is 1.40 bits per heavy atom. The summed E-state index contributed by atoms with van der Waals surface area (Å²) in [4.78, 5) is 33.6. The molecular weight excluding hydrogens is 323 g/mol. The maximum atomic E-state index is 13.6. The Balaban J connectivity index is 1.86. The van der Waals surface area contributed by atoms with Gasteiger partial charge in [0.2, 0.25) is 5.91 Å². The fourth-order valence-corrected chi connectivity index (χ4v) is 3.23. The Kier molecular flexibility index (Phi) is 4.94. The first-order valence-corrected chi connectivity index (χ1v) is 8.27. The molecule has 1 atom stereocenters. The number of carbonyl (C=O) groups excluding carboxylic acids is 1. The van der Waals surface area contributed by atoms with Gasteiger partial charge in [-0.3, -0.25) is 9.59 Å². The number of benzene rings is 1. The van der Waals surface area contributed by atoms with Gasteiger partial charge in [0.15, 0.2) is 0 Å². The van der Waals surface area contributed by atoms with Crippen LogP contribution in [0.25, 0.3) is 0 Å². The van der Waals surface area contributed by atoms with Crippen molar-refractivity contribution in [3.63, 3.8) is 0 Å². The second-order valence-electron chi connectivity index (χ2n) is 6.25. The molecule has 1 aliphatic heterocycles. The number of aromatic amines is 1. The van der Waals surface area contributed by atoms with Gasteiger partial charge in [0, 0.05) is 30.9 Å². The van der Waals surface area contributed by atoms with E-state index in [2.05, 4.69) is 15.3 Å². The zero-order valence-electron chi connectivity index (χ0n) is 14.3. The van der Waals surface area contributed by atoms with Crippen LogP contribution in [0.1, 0.15) is 28.7 Å². The molecule has 3 rings (SSSR count). The molecule has 1 fully saturated rings. The van der Waals surface area contributed by atoms with Crippen molar-refractivity contribution in [3.8, 4) is 0 Å². The van der Waals surface area contributed by atoms with E-state index in [1.807, 2.05) is 6.07 Å². The first kappa shape index (κ1) is 17.3. The fourth-order valence-electron chi connectivity index (χ4n) is 3.23. The van der Waals surface area contributed by atoms with E-state index in [4.69, 9.17) is 0 Å². The average molecular weight is 344 g/mol. The Hall–Kier alpha value is -2.54. The van der Waals surface area contributed by atoms with Crippen molar-refractivity contribution < 1.29 is 9.18 Å². The summed E-state index contributed by atoms with van der Waals surface area (Å²) in [6.07, 6.45) is -0.0136. The summed E-state index contributed by atoms with van der Waals surface area (Å²) in [6.45, 7) is 5.16. The molecule has 1 aromatic carbocycles. The number of carbonyl (C=O) groups is 1. The minimum atomic E-state index is -0.328. The molecule has 6 nitrogen and oxygen atoms in total. The molecule has 1 aliphatic rings. The van der Waals surface area contributed by atoms with Crippen LogP contribution in [-0.2, 0) is 11.2 Å². The van der Waals surface area contributed by atoms with Gasteiger partial charge in [-0.1, -0.05) is 12.1 Å². The van der Waals surface area contributed by atoms with Crippen molar-refractivity contribution in [3.05, 3.63) is 63.1 Å². The number of H-pyrrole nitrogens is 1. The molecule has 1 amide bonds. The summed E-state index contributed by atoms with van der Waals surface area (Å²) < 4.78 is 13.6. The highest BCUT2D eigenvalue weighted by Gasteiger charge is 2.29. The summed E-state index contributed by atoms with van der Waals surface area (Å²) in [5, 5.41) is 3.24. The van der Waals surface area contributed by atoms with E-state index >= 15 is 0 Å². The van der Waals surface area contributed by atoms with Crippen LogP contribution in [0.3, 0.4) is 0 Å². The van der Waals surface area contributed by atoms with Crippen molar-refractivity contribution in [2.24, 2.45) is 0 Å². The normalized spacial score (nSPS) is 17.6. The molecule has 25 heavy (non-hydrogen) atoms. The maximum absolute atomic E-state index is 13.6. The topological polar surface area (TPSA) is 78.1 Å². The van der Waals surface area contributed by atoms with E-state index in [9.17, 15) is 14.0 Å². The van der Waals surface area contributed by atoms with E-state index < -0.39 is 0 Å². The Labute approximate surface area is 145 Å². The number of halogens is 1. The summed E-state index contributed by atoms with van der Waals surface area (Å²) in [5.41, 5.74) is 1.41. The lowest BCUT2D eigenvalue weighted by molar-refractivity contribution is -0.133. The Morgan fingerprint density at radius 3 is 2.92 bits per heavy atom. The highest BCUT2D eigenvalue weighted by atomic mass is 19.1. The quantitative estimate of drug-likeness (QED) is 0.878. The third-order valence-corrected chi connectivity index (χ3v) is 4.47. The standard InChI is InChI=1S/C18H21FN4O2/c1-11-15(18(25)22-12(2)21-11)9-17(24)23-7-6-20-10-16(23)13-4-3-5-14(19)8-13/h3-5,8,16,20H,6-7,9-10H2,1-2H3,(H,21,22,25). The first-order valence-electron chi connectivity index (χ1n) is 8.27. The second-order valence-corrected chi connectivity index (χ2v) is 6.25. The molecule has 1 saturated heterocycles. The molecule has 2 N–H and O–H groups in total. The third-order valence-electron chi connectivity index (χ3n) is 4.47. The molecule has 0 spiro atoms. The number of nitrogens with one attached hydrogen (secondary N) is 2. The van der Waals surface area contributed by atoms with Crippen LogP contribution in [0, 0.1) is 19.7 Å². The number of piperazine rings is 1. The van der Waals surface area contributed by atoms with Gasteiger partial charge in [-0.2, -0.15) is 0 Å². The molecule has 0 radical (unpaired) electrons. The van der Waals surface area contributed by atoms with Crippen LogP contribution in [0.15, 0.2) is 29.1 Å². The largest absolute Gasteiger partial charge is 0.333 e. The van der Waals surface area contributed by atoms with Crippen molar-refractivity contribution in [1.29, 1.82) is 0 Å². The highest BCUT2D eigenvalue weighted by molar-refractivity contribution is 5.79. The highest BCUT2D eigenvalue weighted by Crippen LogP contribution is 2.23. The molecule has 132 valence electrons. The smallest absolute Gasteiger partial charge is 0.254 e. The van der Waals surface area contributed by atoms with E-state index in [-0.39, 0.29) is 29.7 Å². The second kappa shape index (κ2) is 7.14. The van der Waals surface area contributed by atoms with E-state index in [1.165, 1.54) is 12.1 Å². The molecule has 7 heteroatoms. The molecule has 2 heterocycles. The summed E-state index contributed by atoms with van der Waals surface area (Å²) in [5.74, 6) is 0.0408. The number of aromatic nitrogens is 2. The van der Waals surface area contributed by atoms with E-state index in [1.54, 1.807) is 24.8 Å². The number of hydrogen-bond donors (Lipinski definition) is 2. The fraction of sp³-hybridized carbons (Fsp3) is 0.389. The number of amides is 1. The lowest BCUT2D eigenvalue weighted by atomic mass is 10.0. The van der Waals surface area contributed by atoms with Gasteiger partial charge < -0.3 is 15.2 Å². The molecule has 0 saturated carbocycles. The van der Waals surface area contributed by atoms with Crippen LogP contribution in [-0.4, -0.2) is 40.4 Å². The zero-order valence-corrected chi connectivity index (χ0v) is 14.3. The summed E-state index contributed by atoms with van der Waals surface area (Å²) >= 11 is 0.